The summed E-state index contributed by atoms with van der Waals surface area (Å²) in [6.45, 7) is 2.01. The average Bonchev–Trinajstić information content (AvgIpc) is 2.74. The molecular formula is C12H12BrNO. The van der Waals surface area contributed by atoms with Crippen LogP contribution in [0, 0.1) is 6.92 Å². The molecule has 1 heterocycles. The predicted octanol–water partition coefficient (Wildman–Crippen LogP) is 3.17. The summed E-state index contributed by atoms with van der Waals surface area (Å²) in [7, 11) is 0. The normalized spacial score (nSPS) is 12.7. The van der Waals surface area contributed by atoms with Gasteiger partial charge in [0.15, 0.2) is 0 Å². The second kappa shape index (κ2) is 4.21. The van der Waals surface area contributed by atoms with Crippen molar-refractivity contribution >= 4 is 15.9 Å². The largest absolute Gasteiger partial charge is 0.382 e. The van der Waals surface area contributed by atoms with Crippen LogP contribution in [0.4, 0.5) is 0 Å². The van der Waals surface area contributed by atoms with Gasteiger partial charge in [0, 0.05) is 16.4 Å². The topological polar surface area (TPSA) is 36.0 Å². The molecule has 0 fully saturated rings. The average molecular weight is 266 g/mol. The highest BCUT2D eigenvalue weighted by molar-refractivity contribution is 9.10. The number of aliphatic hydroxyl groups excluding tert-OH is 1. The van der Waals surface area contributed by atoms with Crippen LogP contribution in [0.15, 0.2) is 41.0 Å². The molecule has 2 rings (SSSR count). The minimum absolute atomic E-state index is 0.577. The van der Waals surface area contributed by atoms with Gasteiger partial charge in [0.2, 0.25) is 0 Å². The van der Waals surface area contributed by atoms with Gasteiger partial charge in [0.1, 0.15) is 6.10 Å². The van der Waals surface area contributed by atoms with Crippen molar-refractivity contribution in [3.05, 3.63) is 57.8 Å². The van der Waals surface area contributed by atoms with E-state index in [1.807, 2.05) is 43.5 Å². The lowest BCUT2D eigenvalue weighted by molar-refractivity contribution is 0.216. The Morgan fingerprint density at radius 3 is 2.73 bits per heavy atom. The van der Waals surface area contributed by atoms with E-state index < -0.39 is 6.10 Å². The third kappa shape index (κ3) is 2.13. The van der Waals surface area contributed by atoms with Crippen molar-refractivity contribution in [3.63, 3.8) is 0 Å². The fourth-order valence-corrected chi connectivity index (χ4v) is 1.78. The third-order valence-corrected chi connectivity index (χ3v) is 3.30. The lowest BCUT2D eigenvalue weighted by Crippen LogP contribution is -2.00. The number of halogens is 1. The summed E-state index contributed by atoms with van der Waals surface area (Å²) in [6, 6.07) is 9.61. The molecule has 1 aromatic heterocycles. The number of benzene rings is 1. The van der Waals surface area contributed by atoms with E-state index in [0.717, 1.165) is 21.3 Å². The third-order valence-electron chi connectivity index (χ3n) is 2.41. The Labute approximate surface area is 97.1 Å². The highest BCUT2D eigenvalue weighted by atomic mass is 79.9. The zero-order valence-corrected chi connectivity index (χ0v) is 9.95. The van der Waals surface area contributed by atoms with Gasteiger partial charge in [0.25, 0.3) is 0 Å². The van der Waals surface area contributed by atoms with E-state index >= 15 is 0 Å². The summed E-state index contributed by atoms with van der Waals surface area (Å²) < 4.78 is 1.06. The Balaban J connectivity index is 2.34. The number of aliphatic hydroxyl groups is 1. The number of hydrogen-bond acceptors (Lipinski definition) is 1. The molecule has 3 heteroatoms. The molecule has 15 heavy (non-hydrogen) atoms. The van der Waals surface area contributed by atoms with Crippen LogP contribution in [-0.2, 0) is 0 Å². The standard InChI is InChI=1S/C12H12BrNO/c1-8-7-9(4-5-10(8)13)12(15)11-3-2-6-14-11/h2-7,12,14-15H,1H3. The zero-order chi connectivity index (χ0) is 10.8. The molecule has 1 atom stereocenters. The molecule has 0 bridgehead atoms. The molecule has 1 aromatic carbocycles. The number of aryl methyl sites for hydroxylation is 1. The van der Waals surface area contributed by atoms with Crippen LogP contribution in [0.2, 0.25) is 0 Å². The molecule has 0 saturated heterocycles. The van der Waals surface area contributed by atoms with Crippen molar-refractivity contribution in [1.82, 2.24) is 4.98 Å². The predicted molar refractivity (Wildman–Crippen MR) is 63.7 cm³/mol. The van der Waals surface area contributed by atoms with E-state index in [9.17, 15) is 5.11 Å². The van der Waals surface area contributed by atoms with E-state index in [0.29, 0.717) is 0 Å². The Morgan fingerprint density at radius 2 is 2.13 bits per heavy atom. The highest BCUT2D eigenvalue weighted by Crippen LogP contribution is 2.24. The number of H-pyrrole nitrogens is 1. The molecule has 0 spiro atoms. The van der Waals surface area contributed by atoms with Crippen molar-refractivity contribution in [2.24, 2.45) is 0 Å². The first kappa shape index (κ1) is 10.5. The van der Waals surface area contributed by atoms with Crippen LogP contribution in [0.25, 0.3) is 0 Å². The summed E-state index contributed by atoms with van der Waals surface area (Å²) >= 11 is 3.44. The van der Waals surface area contributed by atoms with Gasteiger partial charge in [-0.15, -0.1) is 0 Å². The summed E-state index contributed by atoms with van der Waals surface area (Å²) in [4.78, 5) is 3.01. The Bertz CT molecular complexity index is 451. The number of rotatable bonds is 2. The first-order chi connectivity index (χ1) is 7.18. The van der Waals surface area contributed by atoms with Crippen molar-refractivity contribution in [2.75, 3.05) is 0 Å². The van der Waals surface area contributed by atoms with Crippen molar-refractivity contribution in [3.8, 4) is 0 Å². The molecule has 0 saturated carbocycles. The summed E-state index contributed by atoms with van der Waals surface area (Å²) in [5, 5.41) is 10.0. The van der Waals surface area contributed by atoms with Gasteiger partial charge in [0.05, 0.1) is 0 Å². The first-order valence-electron chi connectivity index (χ1n) is 4.76. The molecule has 2 nitrogen and oxygen atoms in total. The van der Waals surface area contributed by atoms with Crippen molar-refractivity contribution < 1.29 is 5.11 Å². The quantitative estimate of drug-likeness (QED) is 0.860. The van der Waals surface area contributed by atoms with Gasteiger partial charge < -0.3 is 10.1 Å². The van der Waals surface area contributed by atoms with E-state index in [-0.39, 0.29) is 0 Å². The van der Waals surface area contributed by atoms with Crippen LogP contribution in [0.3, 0.4) is 0 Å². The first-order valence-corrected chi connectivity index (χ1v) is 5.55. The van der Waals surface area contributed by atoms with Crippen LogP contribution >= 0.6 is 15.9 Å². The second-order valence-electron chi connectivity index (χ2n) is 3.54. The summed E-state index contributed by atoms with van der Waals surface area (Å²) in [5.74, 6) is 0. The number of nitrogens with one attached hydrogen (secondary N) is 1. The molecule has 0 amide bonds. The number of hydrogen-bond donors (Lipinski definition) is 2. The molecule has 2 aromatic rings. The smallest absolute Gasteiger partial charge is 0.119 e. The van der Waals surface area contributed by atoms with Crippen LogP contribution in [0.1, 0.15) is 22.9 Å². The maximum atomic E-state index is 10.0. The van der Waals surface area contributed by atoms with Gasteiger partial charge in [-0.25, -0.2) is 0 Å². The Hall–Kier alpha value is -1.06. The minimum Gasteiger partial charge on any atom is -0.382 e. The van der Waals surface area contributed by atoms with Crippen LogP contribution in [0.5, 0.6) is 0 Å². The Kier molecular flexibility index (Phi) is 2.93. The maximum absolute atomic E-state index is 10.0. The fourth-order valence-electron chi connectivity index (χ4n) is 1.53. The van der Waals surface area contributed by atoms with E-state index in [2.05, 4.69) is 20.9 Å². The van der Waals surface area contributed by atoms with Gasteiger partial charge in [-0.3, -0.25) is 0 Å². The van der Waals surface area contributed by atoms with E-state index in [4.69, 9.17) is 0 Å². The van der Waals surface area contributed by atoms with Gasteiger partial charge in [-0.2, -0.15) is 0 Å². The monoisotopic (exact) mass is 265 g/mol. The lowest BCUT2D eigenvalue weighted by atomic mass is 10.0. The summed E-state index contributed by atoms with van der Waals surface area (Å²) in [6.07, 6.45) is 1.23. The van der Waals surface area contributed by atoms with E-state index in [1.165, 1.54) is 0 Å². The minimum atomic E-state index is -0.577. The van der Waals surface area contributed by atoms with Crippen molar-refractivity contribution in [1.29, 1.82) is 0 Å². The van der Waals surface area contributed by atoms with Gasteiger partial charge in [-0.05, 0) is 36.2 Å². The zero-order valence-electron chi connectivity index (χ0n) is 8.37. The SMILES string of the molecule is Cc1cc(C(O)c2ccc[nH]2)ccc1Br. The highest BCUT2D eigenvalue weighted by Gasteiger charge is 2.11. The van der Waals surface area contributed by atoms with Crippen LogP contribution in [-0.4, -0.2) is 10.1 Å². The fraction of sp³-hybridized carbons (Fsp3) is 0.167. The molecule has 1 unspecified atom stereocenters. The summed E-state index contributed by atoms with van der Waals surface area (Å²) in [5.41, 5.74) is 2.84. The van der Waals surface area contributed by atoms with Crippen LogP contribution < -0.4 is 0 Å². The number of aromatic amines is 1. The molecule has 78 valence electrons. The molecule has 0 aliphatic carbocycles. The van der Waals surface area contributed by atoms with E-state index in [1.54, 1.807) is 0 Å². The molecule has 0 aliphatic heterocycles. The van der Waals surface area contributed by atoms with Crippen molar-refractivity contribution in [2.45, 2.75) is 13.0 Å². The molecular weight excluding hydrogens is 254 g/mol. The molecule has 2 N–H and O–H groups in total. The second-order valence-corrected chi connectivity index (χ2v) is 4.39. The van der Waals surface area contributed by atoms with Gasteiger partial charge >= 0.3 is 0 Å². The van der Waals surface area contributed by atoms with Gasteiger partial charge in [-0.1, -0.05) is 28.1 Å². The molecule has 0 radical (unpaired) electrons. The number of aromatic nitrogens is 1. The molecule has 0 aliphatic rings. The maximum Gasteiger partial charge on any atom is 0.119 e. The Morgan fingerprint density at radius 1 is 1.33 bits per heavy atom. The lowest BCUT2D eigenvalue weighted by Gasteiger charge is -2.10.